The minimum absolute atomic E-state index is 0.0127. The maximum absolute atomic E-state index is 13.6. The summed E-state index contributed by atoms with van der Waals surface area (Å²) in [6.07, 6.45) is 0. The number of benzene rings is 1. The average molecular weight is 267 g/mol. The summed E-state index contributed by atoms with van der Waals surface area (Å²) in [6.45, 7) is -0.302. The molecule has 2 rings (SSSR count). The number of nitrogens with two attached hydrogens (primary N) is 1. The fourth-order valence-electron chi connectivity index (χ4n) is 1.82. The highest BCUT2D eigenvalue weighted by Crippen LogP contribution is 2.27. The van der Waals surface area contributed by atoms with Crippen molar-refractivity contribution in [1.29, 1.82) is 0 Å². The van der Waals surface area contributed by atoms with Gasteiger partial charge < -0.3 is 15.7 Å². The molecule has 1 saturated heterocycles. The molecule has 7 nitrogen and oxygen atoms in total. The molecule has 1 aliphatic heterocycles. The first-order valence-corrected chi connectivity index (χ1v) is 5.28. The molecule has 0 bridgehead atoms. The molecule has 1 aromatic carbocycles. The Bertz CT molecular complexity index is 572. The highest BCUT2D eigenvalue weighted by molar-refractivity contribution is 6.03. The van der Waals surface area contributed by atoms with E-state index in [2.05, 4.69) is 5.32 Å². The van der Waals surface area contributed by atoms with Gasteiger partial charge in [-0.25, -0.2) is 9.18 Å². The second-order valence-corrected chi connectivity index (χ2v) is 4.02. The normalized spacial score (nSPS) is 15.3. The van der Waals surface area contributed by atoms with Crippen molar-refractivity contribution in [3.05, 3.63) is 23.5 Å². The molecule has 1 heterocycles. The molecule has 2 amide bonds. The number of aromatic carboxylic acids is 1. The minimum Gasteiger partial charge on any atom is -0.478 e. The van der Waals surface area contributed by atoms with Crippen molar-refractivity contribution in [2.24, 2.45) is 0 Å². The van der Waals surface area contributed by atoms with E-state index in [1.54, 1.807) is 0 Å². The summed E-state index contributed by atoms with van der Waals surface area (Å²) in [7, 11) is 0. The van der Waals surface area contributed by atoms with Crippen LogP contribution in [0.4, 0.5) is 15.8 Å². The Balaban J connectivity index is 2.40. The fourth-order valence-corrected chi connectivity index (χ4v) is 1.82. The zero-order valence-electron chi connectivity index (χ0n) is 9.64. The third-order valence-corrected chi connectivity index (χ3v) is 2.64. The summed E-state index contributed by atoms with van der Waals surface area (Å²) in [6, 6.07) is 1.87. The first kappa shape index (κ1) is 12.8. The second kappa shape index (κ2) is 4.56. The smallest absolute Gasteiger partial charge is 0.338 e. The summed E-state index contributed by atoms with van der Waals surface area (Å²) < 4.78 is 13.6. The number of carbonyl (C=O) groups is 3. The molecule has 0 aliphatic carbocycles. The van der Waals surface area contributed by atoms with Crippen molar-refractivity contribution >= 4 is 29.2 Å². The molecule has 0 spiro atoms. The third kappa shape index (κ3) is 2.46. The van der Waals surface area contributed by atoms with Crippen LogP contribution in [0.3, 0.4) is 0 Å². The summed E-state index contributed by atoms with van der Waals surface area (Å²) >= 11 is 0. The lowest BCUT2D eigenvalue weighted by Gasteiger charge is -2.28. The quantitative estimate of drug-likeness (QED) is 0.495. The monoisotopic (exact) mass is 267 g/mol. The van der Waals surface area contributed by atoms with Gasteiger partial charge >= 0.3 is 5.97 Å². The van der Waals surface area contributed by atoms with E-state index in [9.17, 15) is 18.8 Å². The van der Waals surface area contributed by atoms with Gasteiger partial charge in [0.2, 0.25) is 11.8 Å². The van der Waals surface area contributed by atoms with E-state index >= 15 is 0 Å². The minimum atomic E-state index is -1.44. The van der Waals surface area contributed by atoms with Gasteiger partial charge in [0, 0.05) is 6.07 Å². The number of amides is 2. The van der Waals surface area contributed by atoms with Crippen molar-refractivity contribution in [3.63, 3.8) is 0 Å². The van der Waals surface area contributed by atoms with Crippen LogP contribution in [-0.4, -0.2) is 36.0 Å². The van der Waals surface area contributed by atoms with Gasteiger partial charge in [-0.1, -0.05) is 0 Å². The van der Waals surface area contributed by atoms with Crippen LogP contribution in [0.25, 0.3) is 0 Å². The molecule has 0 atom stereocenters. The lowest BCUT2D eigenvalue weighted by molar-refractivity contribution is -0.130. The Morgan fingerprint density at radius 1 is 1.32 bits per heavy atom. The molecule has 0 aromatic heterocycles. The number of imide groups is 1. The number of piperazine rings is 1. The summed E-state index contributed by atoms with van der Waals surface area (Å²) in [5.74, 6) is -3.48. The topological polar surface area (TPSA) is 113 Å². The Labute approximate surface area is 106 Å². The number of nitrogens with one attached hydrogen (secondary N) is 1. The first-order valence-electron chi connectivity index (χ1n) is 5.28. The second-order valence-electron chi connectivity index (χ2n) is 4.02. The van der Waals surface area contributed by atoms with Gasteiger partial charge in [-0.15, -0.1) is 0 Å². The molecule has 1 aliphatic rings. The third-order valence-electron chi connectivity index (χ3n) is 2.64. The Morgan fingerprint density at radius 3 is 2.42 bits per heavy atom. The molecule has 1 aromatic rings. The average Bonchev–Trinajstić information content (AvgIpc) is 2.30. The molecule has 1 fully saturated rings. The molecule has 100 valence electrons. The molecule has 19 heavy (non-hydrogen) atoms. The van der Waals surface area contributed by atoms with Gasteiger partial charge in [0.1, 0.15) is 5.82 Å². The fraction of sp³-hybridized carbons (Fsp3) is 0.182. The van der Waals surface area contributed by atoms with Crippen molar-refractivity contribution in [2.45, 2.75) is 0 Å². The van der Waals surface area contributed by atoms with Crippen LogP contribution >= 0.6 is 0 Å². The van der Waals surface area contributed by atoms with Gasteiger partial charge in [-0.2, -0.15) is 0 Å². The highest BCUT2D eigenvalue weighted by Gasteiger charge is 2.25. The standard InChI is InChI=1S/C11H10FN3O4/c12-6-2-8(7(13)1-5(6)11(18)19)15-3-9(16)14-10(17)4-15/h1-2H,3-4,13H2,(H,18,19)(H,14,16,17). The zero-order valence-corrected chi connectivity index (χ0v) is 9.64. The number of carbonyl (C=O) groups excluding carboxylic acids is 2. The van der Waals surface area contributed by atoms with Crippen molar-refractivity contribution in [2.75, 3.05) is 23.7 Å². The number of hydrogen-bond donors (Lipinski definition) is 3. The van der Waals surface area contributed by atoms with Gasteiger partial charge in [0.25, 0.3) is 0 Å². The predicted octanol–water partition coefficient (Wildman–Crippen LogP) is -0.431. The predicted molar refractivity (Wildman–Crippen MR) is 63.1 cm³/mol. The van der Waals surface area contributed by atoms with Gasteiger partial charge in [0.15, 0.2) is 0 Å². The van der Waals surface area contributed by atoms with Crippen molar-refractivity contribution in [3.8, 4) is 0 Å². The van der Waals surface area contributed by atoms with E-state index in [1.807, 2.05) is 0 Å². The van der Waals surface area contributed by atoms with Gasteiger partial charge in [-0.3, -0.25) is 14.9 Å². The Kier molecular flexibility index (Phi) is 3.07. The summed E-state index contributed by atoms with van der Waals surface area (Å²) in [5, 5.41) is 10.8. The van der Waals surface area contributed by atoms with Gasteiger partial charge in [-0.05, 0) is 6.07 Å². The highest BCUT2D eigenvalue weighted by atomic mass is 19.1. The van der Waals surface area contributed by atoms with Crippen LogP contribution in [-0.2, 0) is 9.59 Å². The molecule has 0 saturated carbocycles. The SMILES string of the molecule is Nc1cc(C(=O)O)c(F)cc1N1CC(=O)NC(=O)C1. The number of rotatable bonds is 2. The Morgan fingerprint density at radius 2 is 1.89 bits per heavy atom. The van der Waals surface area contributed by atoms with Crippen molar-refractivity contribution in [1.82, 2.24) is 5.32 Å². The lowest BCUT2D eigenvalue weighted by Crippen LogP contribution is -2.51. The molecule has 0 radical (unpaired) electrons. The van der Waals surface area contributed by atoms with Crippen LogP contribution in [0.1, 0.15) is 10.4 Å². The van der Waals surface area contributed by atoms with E-state index in [4.69, 9.17) is 10.8 Å². The van der Waals surface area contributed by atoms with E-state index in [1.165, 1.54) is 4.90 Å². The van der Waals surface area contributed by atoms with Gasteiger partial charge in [0.05, 0.1) is 30.0 Å². The van der Waals surface area contributed by atoms with E-state index in [0.717, 1.165) is 12.1 Å². The largest absolute Gasteiger partial charge is 0.478 e. The molecule has 0 unspecified atom stereocenters. The molecular formula is C11H10FN3O4. The Hall–Kier alpha value is -2.64. The maximum atomic E-state index is 13.6. The van der Waals surface area contributed by atoms with E-state index in [-0.39, 0.29) is 24.5 Å². The van der Waals surface area contributed by atoms with Crippen molar-refractivity contribution < 1.29 is 23.9 Å². The van der Waals surface area contributed by atoms with E-state index in [0.29, 0.717) is 0 Å². The lowest BCUT2D eigenvalue weighted by atomic mass is 10.1. The zero-order chi connectivity index (χ0) is 14.2. The van der Waals surface area contributed by atoms with Crippen LogP contribution in [0.15, 0.2) is 12.1 Å². The van der Waals surface area contributed by atoms with Crippen LogP contribution in [0.5, 0.6) is 0 Å². The molecule has 8 heteroatoms. The number of anilines is 2. The molecule has 4 N–H and O–H groups in total. The number of halogens is 1. The number of carboxylic acids is 1. The number of nitrogens with zero attached hydrogens (tertiary/aromatic N) is 1. The number of hydrogen-bond acceptors (Lipinski definition) is 5. The number of carboxylic acid groups (broad SMARTS) is 1. The summed E-state index contributed by atoms with van der Waals surface area (Å²) in [4.78, 5) is 34.5. The number of nitrogen functional groups attached to an aromatic ring is 1. The van der Waals surface area contributed by atoms with Crippen LogP contribution in [0.2, 0.25) is 0 Å². The van der Waals surface area contributed by atoms with Crippen LogP contribution in [0, 0.1) is 5.82 Å². The first-order chi connectivity index (χ1) is 8.88. The van der Waals surface area contributed by atoms with Crippen LogP contribution < -0.4 is 16.0 Å². The molecular weight excluding hydrogens is 257 g/mol. The summed E-state index contributed by atoms with van der Waals surface area (Å²) in [5.41, 5.74) is 5.18. The van der Waals surface area contributed by atoms with E-state index < -0.39 is 29.2 Å². The maximum Gasteiger partial charge on any atom is 0.338 e.